The van der Waals surface area contributed by atoms with E-state index in [0.717, 1.165) is 5.56 Å². The Bertz CT molecular complexity index is 251. The Morgan fingerprint density at radius 2 is 1.85 bits per heavy atom. The van der Waals surface area contributed by atoms with Crippen LogP contribution in [-0.4, -0.2) is 16.2 Å². The van der Waals surface area contributed by atoms with Crippen LogP contribution in [-0.2, 0) is 6.42 Å². The van der Waals surface area contributed by atoms with Crippen molar-refractivity contribution < 1.29 is 5.11 Å². The average Bonchev–Trinajstić information content (AvgIpc) is 2.04. The quantitative estimate of drug-likeness (QED) is 0.753. The van der Waals surface area contributed by atoms with Gasteiger partial charge in [0.1, 0.15) is 0 Å². The topological polar surface area (TPSA) is 33.1 Å². The van der Waals surface area contributed by atoms with Gasteiger partial charge < -0.3 is 5.11 Å². The van der Waals surface area contributed by atoms with E-state index in [0.29, 0.717) is 6.42 Å². The molecule has 0 aliphatic rings. The van der Waals surface area contributed by atoms with Gasteiger partial charge >= 0.3 is 0 Å². The maximum atomic E-state index is 9.82. The number of rotatable bonds is 2. The minimum atomic E-state index is -0.296. The summed E-state index contributed by atoms with van der Waals surface area (Å²) >= 11 is 0. The van der Waals surface area contributed by atoms with E-state index in [4.69, 9.17) is 0 Å². The van der Waals surface area contributed by atoms with Crippen molar-refractivity contribution in [3.8, 4) is 0 Å². The number of aliphatic hydroxyl groups is 1. The lowest BCUT2D eigenvalue weighted by Crippen LogP contribution is -2.28. The number of pyridine rings is 1. The standard InChI is InChI=1S/C11H17NO/c1-11(2,3)10(13)8-9-4-6-12-7-5-9/h4-7,10,13H,8H2,1-3H3. The molecule has 2 heteroatoms. The molecule has 13 heavy (non-hydrogen) atoms. The van der Waals surface area contributed by atoms with Crippen molar-refractivity contribution in [3.05, 3.63) is 30.1 Å². The molecular formula is C11H17NO. The zero-order valence-corrected chi connectivity index (χ0v) is 8.49. The second kappa shape index (κ2) is 3.88. The largest absolute Gasteiger partial charge is 0.392 e. The third-order valence-electron chi connectivity index (χ3n) is 2.18. The average molecular weight is 179 g/mol. The van der Waals surface area contributed by atoms with Crippen LogP contribution >= 0.6 is 0 Å². The molecule has 0 aliphatic carbocycles. The van der Waals surface area contributed by atoms with Crippen LogP contribution in [0.1, 0.15) is 26.3 Å². The number of nitrogens with zero attached hydrogens (tertiary/aromatic N) is 1. The van der Waals surface area contributed by atoms with E-state index in [-0.39, 0.29) is 11.5 Å². The van der Waals surface area contributed by atoms with E-state index in [1.165, 1.54) is 0 Å². The molecule has 0 aromatic carbocycles. The Morgan fingerprint density at radius 3 is 2.31 bits per heavy atom. The maximum Gasteiger partial charge on any atom is 0.0628 e. The second-order valence-electron chi connectivity index (χ2n) is 4.44. The SMILES string of the molecule is CC(C)(C)C(O)Cc1ccncc1. The molecule has 0 bridgehead atoms. The smallest absolute Gasteiger partial charge is 0.0628 e. The molecule has 0 saturated heterocycles. The highest BCUT2D eigenvalue weighted by molar-refractivity contribution is 5.11. The van der Waals surface area contributed by atoms with E-state index in [1.54, 1.807) is 12.4 Å². The van der Waals surface area contributed by atoms with Crippen molar-refractivity contribution in [2.45, 2.75) is 33.3 Å². The first-order chi connectivity index (χ1) is 6.00. The fourth-order valence-corrected chi connectivity index (χ4v) is 1.05. The van der Waals surface area contributed by atoms with Gasteiger partial charge in [0.2, 0.25) is 0 Å². The highest BCUT2D eigenvalue weighted by Gasteiger charge is 2.21. The van der Waals surface area contributed by atoms with Crippen LogP contribution in [0.4, 0.5) is 0 Å². The predicted octanol–water partition coefficient (Wildman–Crippen LogP) is 2.03. The lowest BCUT2D eigenvalue weighted by molar-refractivity contribution is 0.0636. The fraction of sp³-hybridized carbons (Fsp3) is 0.545. The van der Waals surface area contributed by atoms with Gasteiger partial charge in [-0.1, -0.05) is 20.8 Å². The highest BCUT2D eigenvalue weighted by atomic mass is 16.3. The summed E-state index contributed by atoms with van der Waals surface area (Å²) in [5.74, 6) is 0. The van der Waals surface area contributed by atoms with Crippen molar-refractivity contribution >= 4 is 0 Å². The first-order valence-corrected chi connectivity index (χ1v) is 4.57. The first-order valence-electron chi connectivity index (χ1n) is 4.57. The molecular weight excluding hydrogens is 162 g/mol. The molecule has 1 unspecified atom stereocenters. The van der Waals surface area contributed by atoms with Crippen molar-refractivity contribution in [3.63, 3.8) is 0 Å². The number of aromatic nitrogens is 1. The minimum absolute atomic E-state index is 0.0523. The van der Waals surface area contributed by atoms with E-state index >= 15 is 0 Å². The van der Waals surface area contributed by atoms with Gasteiger partial charge in [-0.25, -0.2) is 0 Å². The summed E-state index contributed by atoms with van der Waals surface area (Å²) in [5.41, 5.74) is 1.08. The van der Waals surface area contributed by atoms with Crippen LogP contribution in [0.5, 0.6) is 0 Å². The molecule has 1 N–H and O–H groups in total. The van der Waals surface area contributed by atoms with Crippen molar-refractivity contribution in [1.82, 2.24) is 4.98 Å². The number of hydrogen-bond acceptors (Lipinski definition) is 2. The summed E-state index contributed by atoms with van der Waals surface area (Å²) in [6.07, 6.45) is 3.91. The molecule has 0 aliphatic heterocycles. The zero-order valence-electron chi connectivity index (χ0n) is 8.49. The maximum absolute atomic E-state index is 9.82. The molecule has 1 rings (SSSR count). The summed E-state index contributed by atoms with van der Waals surface area (Å²) < 4.78 is 0. The molecule has 0 radical (unpaired) electrons. The van der Waals surface area contributed by atoms with Crippen LogP contribution in [0.2, 0.25) is 0 Å². The van der Waals surface area contributed by atoms with E-state index in [1.807, 2.05) is 32.9 Å². The van der Waals surface area contributed by atoms with Crippen LogP contribution in [0, 0.1) is 5.41 Å². The van der Waals surface area contributed by atoms with Crippen molar-refractivity contribution in [2.75, 3.05) is 0 Å². The molecule has 1 aromatic rings. The highest BCUT2D eigenvalue weighted by Crippen LogP contribution is 2.21. The van der Waals surface area contributed by atoms with Crippen LogP contribution < -0.4 is 0 Å². The van der Waals surface area contributed by atoms with Gasteiger partial charge in [-0.2, -0.15) is 0 Å². The van der Waals surface area contributed by atoms with Gasteiger partial charge in [0.15, 0.2) is 0 Å². The summed E-state index contributed by atoms with van der Waals surface area (Å²) in [7, 11) is 0. The van der Waals surface area contributed by atoms with Gasteiger partial charge in [0.05, 0.1) is 6.10 Å². The summed E-state index contributed by atoms with van der Waals surface area (Å²) in [6.45, 7) is 6.12. The number of hydrogen-bond donors (Lipinski definition) is 1. The Morgan fingerprint density at radius 1 is 1.31 bits per heavy atom. The van der Waals surface area contributed by atoms with Crippen LogP contribution in [0.15, 0.2) is 24.5 Å². The van der Waals surface area contributed by atoms with Gasteiger partial charge in [-0.3, -0.25) is 4.98 Å². The third-order valence-corrected chi connectivity index (χ3v) is 2.18. The van der Waals surface area contributed by atoms with E-state index < -0.39 is 0 Å². The lowest BCUT2D eigenvalue weighted by Gasteiger charge is -2.25. The molecule has 2 nitrogen and oxygen atoms in total. The zero-order chi connectivity index (χ0) is 9.90. The van der Waals surface area contributed by atoms with E-state index in [9.17, 15) is 5.11 Å². The van der Waals surface area contributed by atoms with Crippen LogP contribution in [0.3, 0.4) is 0 Å². The molecule has 72 valence electrons. The molecule has 0 fully saturated rings. The summed E-state index contributed by atoms with van der Waals surface area (Å²) in [4.78, 5) is 3.93. The monoisotopic (exact) mass is 179 g/mol. The van der Waals surface area contributed by atoms with Gasteiger partial charge in [-0.05, 0) is 29.5 Å². The van der Waals surface area contributed by atoms with Crippen molar-refractivity contribution in [1.29, 1.82) is 0 Å². The Balaban J connectivity index is 2.61. The van der Waals surface area contributed by atoms with Gasteiger partial charge in [-0.15, -0.1) is 0 Å². The van der Waals surface area contributed by atoms with E-state index in [2.05, 4.69) is 4.98 Å². The van der Waals surface area contributed by atoms with Gasteiger partial charge in [0, 0.05) is 12.4 Å². The molecule has 1 heterocycles. The van der Waals surface area contributed by atoms with Crippen LogP contribution in [0.25, 0.3) is 0 Å². The van der Waals surface area contributed by atoms with Crippen molar-refractivity contribution in [2.24, 2.45) is 5.41 Å². The second-order valence-corrected chi connectivity index (χ2v) is 4.44. The first kappa shape index (κ1) is 10.2. The molecule has 1 aromatic heterocycles. The Labute approximate surface area is 79.6 Å². The predicted molar refractivity (Wildman–Crippen MR) is 53.4 cm³/mol. The molecule has 0 spiro atoms. The lowest BCUT2D eigenvalue weighted by atomic mass is 9.86. The minimum Gasteiger partial charge on any atom is -0.392 e. The Kier molecular flexibility index (Phi) is 3.04. The molecule has 0 saturated carbocycles. The number of aliphatic hydroxyl groups excluding tert-OH is 1. The summed E-state index contributed by atoms with van der Waals surface area (Å²) in [6, 6.07) is 3.88. The normalized spacial score (nSPS) is 14.2. The Hall–Kier alpha value is -0.890. The molecule has 1 atom stereocenters. The third kappa shape index (κ3) is 3.15. The van der Waals surface area contributed by atoms with Gasteiger partial charge in [0.25, 0.3) is 0 Å². The summed E-state index contributed by atoms with van der Waals surface area (Å²) in [5, 5.41) is 9.82. The molecule has 0 amide bonds. The fourth-order valence-electron chi connectivity index (χ4n) is 1.05.